The van der Waals surface area contributed by atoms with Gasteiger partial charge in [-0.3, -0.25) is 0 Å². The summed E-state index contributed by atoms with van der Waals surface area (Å²) < 4.78 is 30.0. The van der Waals surface area contributed by atoms with E-state index in [1.54, 1.807) is 0 Å². The molecule has 0 unspecified atom stereocenters. The van der Waals surface area contributed by atoms with Crippen LogP contribution >= 0.6 is 0 Å². The molecule has 0 amide bonds. The first-order valence-corrected chi connectivity index (χ1v) is 2.89. The third-order valence-corrected chi connectivity index (χ3v) is 0.829. The van der Waals surface area contributed by atoms with E-state index in [9.17, 15) is 0 Å². The van der Waals surface area contributed by atoms with E-state index >= 15 is 0 Å². The molecule has 2 radical (unpaired) electrons. The molecule has 1 aliphatic rings. The first-order valence-electron chi connectivity index (χ1n) is 2.89. The summed E-state index contributed by atoms with van der Waals surface area (Å²) in [5.41, 5.74) is 1.34. The molecule has 1 aliphatic carbocycles. The van der Waals surface area contributed by atoms with Gasteiger partial charge in [0.1, 0.15) is 0 Å². The van der Waals surface area contributed by atoms with Crippen LogP contribution < -0.4 is 0 Å². The van der Waals surface area contributed by atoms with Crippen molar-refractivity contribution in [2.45, 2.75) is 6.92 Å². The summed E-state index contributed by atoms with van der Waals surface area (Å²) in [6.45, 7) is 20.1. The van der Waals surface area contributed by atoms with Gasteiger partial charge in [0.05, 0.1) is 0 Å². The SMILES string of the molecule is CC1=CC=C[CH]1.[C-]#[O+].[C-]#[O+].[C-]#[O+].[C-]#[O+].[V]. The van der Waals surface area contributed by atoms with Gasteiger partial charge in [0, 0.05) is 25.0 Å². The molecule has 0 heterocycles. The maximum atomic E-state index is 7.50. The van der Waals surface area contributed by atoms with E-state index in [0.29, 0.717) is 0 Å². The fourth-order valence-corrected chi connectivity index (χ4v) is 0.470. The van der Waals surface area contributed by atoms with Crippen molar-refractivity contribution in [1.82, 2.24) is 0 Å². The third-order valence-electron chi connectivity index (χ3n) is 0.829. The van der Waals surface area contributed by atoms with Gasteiger partial charge in [-0.2, -0.15) is 0 Å². The fourth-order valence-electron chi connectivity index (χ4n) is 0.470. The quantitative estimate of drug-likeness (QED) is 0.456. The predicted octanol–water partition coefficient (Wildman–Crippen LogP) is 1.55. The molecule has 0 aliphatic heterocycles. The summed E-state index contributed by atoms with van der Waals surface area (Å²) in [7, 11) is 0. The van der Waals surface area contributed by atoms with Crippen molar-refractivity contribution in [1.29, 1.82) is 0 Å². The van der Waals surface area contributed by atoms with Gasteiger partial charge in [0.2, 0.25) is 0 Å². The zero-order valence-electron chi connectivity index (χ0n) is 7.89. The van der Waals surface area contributed by atoms with Crippen molar-refractivity contribution in [2.75, 3.05) is 0 Å². The molecule has 0 spiro atoms. The molecule has 0 N–H and O–H groups in total. The molecule has 5 heteroatoms. The van der Waals surface area contributed by atoms with Gasteiger partial charge in [-0.25, -0.2) is 0 Å². The normalized spacial score (nSPS) is 7.93. The minimum Gasteiger partial charge on any atom is 0 e. The summed E-state index contributed by atoms with van der Waals surface area (Å²) in [4.78, 5) is 0. The average Bonchev–Trinajstić information content (AvgIpc) is 2.80. The van der Waals surface area contributed by atoms with Crippen LogP contribution in [-0.2, 0) is 37.2 Å². The summed E-state index contributed by atoms with van der Waals surface area (Å²) in [6, 6.07) is 0. The Bertz CT molecular complexity index is 209. The van der Waals surface area contributed by atoms with Crippen LogP contribution in [0.15, 0.2) is 23.8 Å². The van der Waals surface area contributed by atoms with Crippen molar-refractivity contribution in [3.05, 3.63) is 56.8 Å². The second kappa shape index (κ2) is 51.9. The third kappa shape index (κ3) is 43.6. The Kier molecular flexibility index (Phi) is 101. The van der Waals surface area contributed by atoms with Crippen LogP contribution in [0, 0.1) is 33.0 Å². The average molecular weight is 242 g/mol. The van der Waals surface area contributed by atoms with Crippen LogP contribution in [0.3, 0.4) is 0 Å². The van der Waals surface area contributed by atoms with Gasteiger partial charge in [-0.15, -0.1) is 0 Å². The molecule has 0 fully saturated rings. The van der Waals surface area contributed by atoms with E-state index in [2.05, 4.69) is 46.0 Å². The molecule has 0 aromatic carbocycles. The Morgan fingerprint density at radius 2 is 1.13 bits per heavy atom. The van der Waals surface area contributed by atoms with Gasteiger partial charge in [-0.1, -0.05) is 23.8 Å². The minimum absolute atomic E-state index is 0. The molecular weight excluding hydrogens is 235 g/mol. The van der Waals surface area contributed by atoms with E-state index < -0.39 is 0 Å². The first kappa shape index (κ1) is 29.2. The van der Waals surface area contributed by atoms with E-state index in [1.807, 2.05) is 12.2 Å². The second-order valence-electron chi connectivity index (χ2n) is 1.46. The maximum absolute atomic E-state index is 7.50. The topological polar surface area (TPSA) is 79.6 Å². The van der Waals surface area contributed by atoms with Gasteiger partial charge in [0.25, 0.3) is 0 Å². The predicted molar refractivity (Wildman–Crippen MR) is 42.9 cm³/mol. The van der Waals surface area contributed by atoms with E-state index in [-0.39, 0.29) is 18.6 Å². The Labute approximate surface area is 101 Å². The number of hydrogen-bond acceptors (Lipinski definition) is 0. The van der Waals surface area contributed by atoms with E-state index in [0.717, 1.165) is 0 Å². The first-order chi connectivity index (χ1) is 6.89. The Morgan fingerprint density at radius 3 is 1.20 bits per heavy atom. The van der Waals surface area contributed by atoms with Crippen molar-refractivity contribution in [3.8, 4) is 0 Å². The van der Waals surface area contributed by atoms with Gasteiger partial charge < -0.3 is 0 Å². The number of rotatable bonds is 0. The van der Waals surface area contributed by atoms with Crippen molar-refractivity contribution in [2.24, 2.45) is 0 Å². The summed E-state index contributed by atoms with van der Waals surface area (Å²) in [5, 5.41) is 0. The van der Waals surface area contributed by atoms with Crippen molar-refractivity contribution < 1.29 is 37.2 Å². The van der Waals surface area contributed by atoms with Crippen LogP contribution in [-0.4, -0.2) is 0 Å². The standard InChI is InChI=1S/C6H7.4CO.V/c1-6-4-2-3-5-6;4*1-2;/h2-5H,1H3;;;;;. The monoisotopic (exact) mass is 242 g/mol. The molecule has 0 aromatic heterocycles. The van der Waals surface area contributed by atoms with Crippen LogP contribution in [0.2, 0.25) is 0 Å². The number of hydrogen-bond donors (Lipinski definition) is 0. The summed E-state index contributed by atoms with van der Waals surface area (Å²) in [5.74, 6) is 0. The van der Waals surface area contributed by atoms with Crippen molar-refractivity contribution >= 4 is 0 Å². The summed E-state index contributed by atoms with van der Waals surface area (Å²) >= 11 is 0. The molecule has 0 aromatic rings. The minimum atomic E-state index is 0. The van der Waals surface area contributed by atoms with E-state index in [4.69, 9.17) is 18.6 Å². The van der Waals surface area contributed by atoms with E-state index in [1.165, 1.54) is 5.57 Å². The van der Waals surface area contributed by atoms with Crippen LogP contribution in [0.25, 0.3) is 0 Å². The molecule has 0 atom stereocenters. The van der Waals surface area contributed by atoms with Gasteiger partial charge in [-0.05, 0) is 6.92 Å². The van der Waals surface area contributed by atoms with Crippen LogP contribution in [0.5, 0.6) is 0 Å². The largest absolute Gasteiger partial charge is 0 e. The van der Waals surface area contributed by atoms with Gasteiger partial charge in [0.15, 0.2) is 0 Å². The van der Waals surface area contributed by atoms with Gasteiger partial charge >= 0.3 is 45.2 Å². The zero-order chi connectivity index (χ0) is 12.4. The van der Waals surface area contributed by atoms with Crippen LogP contribution in [0.1, 0.15) is 6.92 Å². The Hall–Kier alpha value is -0.976. The summed E-state index contributed by atoms with van der Waals surface area (Å²) in [6.07, 6.45) is 8.24. The molecule has 0 saturated carbocycles. The molecule has 4 nitrogen and oxygen atoms in total. The second-order valence-corrected chi connectivity index (χ2v) is 1.46. The Balaban J connectivity index is -0.0000000325. The molecule has 15 heavy (non-hydrogen) atoms. The fraction of sp³-hybridized carbons (Fsp3) is 0.100. The van der Waals surface area contributed by atoms with Crippen molar-refractivity contribution in [3.63, 3.8) is 0 Å². The number of allylic oxidation sites excluding steroid dienone is 4. The zero-order valence-corrected chi connectivity index (χ0v) is 9.29. The Morgan fingerprint density at radius 1 is 0.800 bits per heavy atom. The van der Waals surface area contributed by atoms with Crippen LogP contribution in [0.4, 0.5) is 0 Å². The molecular formula is C10H7O4V. The smallest absolute Gasteiger partial charge is 0 e. The molecule has 0 saturated heterocycles. The molecule has 1 rings (SSSR count). The maximum Gasteiger partial charge on any atom is 0 e. The molecule has 76 valence electrons. The molecule has 0 bridgehead atoms.